The molecule has 1 unspecified atom stereocenters. The summed E-state index contributed by atoms with van der Waals surface area (Å²) in [6, 6.07) is 13.0. The third-order valence-corrected chi connectivity index (χ3v) is 4.91. The zero-order chi connectivity index (χ0) is 17.8. The second-order valence-corrected chi connectivity index (χ2v) is 6.53. The summed E-state index contributed by atoms with van der Waals surface area (Å²) in [5.74, 6) is -0.701. The predicted molar refractivity (Wildman–Crippen MR) is 95.9 cm³/mol. The zero-order valence-corrected chi connectivity index (χ0v) is 14.3. The van der Waals surface area contributed by atoms with E-state index in [0.717, 1.165) is 0 Å². The maximum absolute atomic E-state index is 12.5. The highest BCUT2D eigenvalue weighted by Crippen LogP contribution is 2.26. The van der Waals surface area contributed by atoms with Crippen molar-refractivity contribution in [3.8, 4) is 11.3 Å². The average Bonchev–Trinajstić information content (AvgIpc) is 2.62. The molecule has 2 N–H and O–H groups in total. The smallest absolute Gasteiger partial charge is 0.335 e. The molecule has 3 aromatic rings. The number of halogens is 1. The lowest BCUT2D eigenvalue weighted by molar-refractivity contribution is 0.0697. The minimum absolute atomic E-state index is 0.168. The quantitative estimate of drug-likeness (QED) is 0.712. The summed E-state index contributed by atoms with van der Waals surface area (Å²) < 4.78 is 15.3. The number of aromatic nitrogens is 2. The van der Waals surface area contributed by atoms with E-state index in [1.165, 1.54) is 24.5 Å². The van der Waals surface area contributed by atoms with E-state index < -0.39 is 17.0 Å². The number of aromatic carboxylic acids is 1. The van der Waals surface area contributed by atoms with Crippen molar-refractivity contribution in [3.05, 3.63) is 71.5 Å². The van der Waals surface area contributed by atoms with Gasteiger partial charge in [-0.25, -0.2) is 14.0 Å². The van der Waals surface area contributed by atoms with Gasteiger partial charge in [0.15, 0.2) is 16.8 Å². The van der Waals surface area contributed by atoms with E-state index in [1.54, 1.807) is 36.4 Å². The Hall–Kier alpha value is -2.77. The minimum atomic E-state index is -1.62. The van der Waals surface area contributed by atoms with Crippen LogP contribution in [0, 0.1) is 0 Å². The first-order valence-corrected chi connectivity index (χ1v) is 8.67. The molecule has 0 amide bonds. The van der Waals surface area contributed by atoms with Gasteiger partial charge in [-0.2, -0.15) is 0 Å². The Bertz CT molecular complexity index is 948. The fourth-order valence-corrected chi connectivity index (χ4v) is 3.36. The fraction of sp³-hybridized carbons (Fsp3) is 0. The monoisotopic (exact) mass is 373 g/mol. The molecular formula is C17H12ClN3O3S. The molecule has 1 aromatic heterocycles. The summed E-state index contributed by atoms with van der Waals surface area (Å²) >= 11 is 6.06. The molecule has 0 aliphatic rings. The highest BCUT2D eigenvalue weighted by atomic mass is 35.5. The van der Waals surface area contributed by atoms with Crippen molar-refractivity contribution >= 4 is 34.4 Å². The van der Waals surface area contributed by atoms with Crippen LogP contribution in [0.5, 0.6) is 0 Å². The van der Waals surface area contributed by atoms with Crippen molar-refractivity contribution in [3.63, 3.8) is 0 Å². The average molecular weight is 374 g/mol. The number of carboxylic acids is 1. The number of hydrogen-bond acceptors (Lipinski definition) is 4. The van der Waals surface area contributed by atoms with Crippen LogP contribution in [0.2, 0.25) is 5.02 Å². The van der Waals surface area contributed by atoms with Crippen LogP contribution in [-0.2, 0) is 11.0 Å². The van der Waals surface area contributed by atoms with Gasteiger partial charge in [-0.1, -0.05) is 35.9 Å². The van der Waals surface area contributed by atoms with E-state index in [0.29, 0.717) is 27.0 Å². The van der Waals surface area contributed by atoms with Crippen LogP contribution in [0.1, 0.15) is 10.4 Å². The molecule has 2 aromatic carbocycles. The molecule has 3 rings (SSSR count). The Labute approximate surface area is 151 Å². The summed E-state index contributed by atoms with van der Waals surface area (Å²) in [7, 11) is -1.62. The summed E-state index contributed by atoms with van der Waals surface area (Å²) in [5, 5.41) is 9.36. The largest absolute Gasteiger partial charge is 0.478 e. The van der Waals surface area contributed by atoms with Gasteiger partial charge >= 0.3 is 5.97 Å². The third kappa shape index (κ3) is 3.84. The van der Waals surface area contributed by atoms with Gasteiger partial charge in [0.05, 0.1) is 15.5 Å². The summed E-state index contributed by atoms with van der Waals surface area (Å²) in [6.07, 6.45) is 2.98. The first-order valence-electron chi connectivity index (χ1n) is 7.14. The Kier molecular flexibility index (Phi) is 5.06. The summed E-state index contributed by atoms with van der Waals surface area (Å²) in [6.45, 7) is 0. The molecule has 0 saturated carbocycles. The number of rotatable bonds is 5. The fourth-order valence-electron chi connectivity index (χ4n) is 2.13. The van der Waals surface area contributed by atoms with E-state index in [1.807, 2.05) is 0 Å². The first-order chi connectivity index (χ1) is 12.1. The molecular weight excluding hydrogens is 362 g/mol. The number of carboxylic acid groups (broad SMARTS) is 1. The molecule has 0 bridgehead atoms. The molecule has 0 aliphatic carbocycles. The second kappa shape index (κ2) is 7.42. The van der Waals surface area contributed by atoms with Gasteiger partial charge in [-0.15, -0.1) is 0 Å². The van der Waals surface area contributed by atoms with Gasteiger partial charge in [0.1, 0.15) is 5.69 Å². The van der Waals surface area contributed by atoms with E-state index in [9.17, 15) is 9.00 Å². The highest BCUT2D eigenvalue weighted by molar-refractivity contribution is 7.86. The van der Waals surface area contributed by atoms with Crippen LogP contribution < -0.4 is 4.72 Å². The Morgan fingerprint density at radius 2 is 1.72 bits per heavy atom. The molecule has 0 saturated heterocycles. The van der Waals surface area contributed by atoms with Gasteiger partial charge in [-0.3, -0.25) is 9.71 Å². The number of benzene rings is 2. The van der Waals surface area contributed by atoms with E-state index in [4.69, 9.17) is 16.7 Å². The molecule has 25 heavy (non-hydrogen) atoms. The lowest BCUT2D eigenvalue weighted by Crippen LogP contribution is -2.08. The predicted octanol–water partition coefficient (Wildman–Crippen LogP) is 3.63. The van der Waals surface area contributed by atoms with Crippen LogP contribution in [0.25, 0.3) is 11.3 Å². The number of anilines is 1. The molecule has 0 aliphatic heterocycles. The van der Waals surface area contributed by atoms with Crippen LogP contribution in [-0.4, -0.2) is 25.3 Å². The zero-order valence-electron chi connectivity index (χ0n) is 12.7. The van der Waals surface area contributed by atoms with Crippen molar-refractivity contribution in [1.29, 1.82) is 0 Å². The van der Waals surface area contributed by atoms with Gasteiger partial charge in [-0.05, 0) is 24.3 Å². The Balaban J connectivity index is 1.92. The number of nitrogens with zero attached hydrogens (tertiary/aromatic N) is 2. The molecule has 8 heteroatoms. The van der Waals surface area contributed by atoms with Crippen LogP contribution in [0.15, 0.2) is 65.8 Å². The lowest BCUT2D eigenvalue weighted by atomic mass is 10.1. The molecule has 1 atom stereocenters. The van der Waals surface area contributed by atoms with Crippen molar-refractivity contribution in [2.75, 3.05) is 4.72 Å². The van der Waals surface area contributed by atoms with E-state index in [2.05, 4.69) is 14.7 Å². The van der Waals surface area contributed by atoms with Gasteiger partial charge < -0.3 is 5.11 Å². The summed E-state index contributed by atoms with van der Waals surface area (Å²) in [4.78, 5) is 19.8. The van der Waals surface area contributed by atoms with Crippen LogP contribution in [0.3, 0.4) is 0 Å². The van der Waals surface area contributed by atoms with Crippen molar-refractivity contribution in [2.45, 2.75) is 4.90 Å². The van der Waals surface area contributed by atoms with Crippen LogP contribution >= 0.6 is 11.6 Å². The topological polar surface area (TPSA) is 92.2 Å². The number of hydrogen-bond donors (Lipinski definition) is 2. The highest BCUT2D eigenvalue weighted by Gasteiger charge is 2.14. The number of carbonyl (C=O) groups is 1. The summed E-state index contributed by atoms with van der Waals surface area (Å²) in [5.41, 5.74) is 1.28. The Morgan fingerprint density at radius 1 is 1.04 bits per heavy atom. The molecule has 1 heterocycles. The van der Waals surface area contributed by atoms with E-state index >= 15 is 0 Å². The molecule has 0 radical (unpaired) electrons. The lowest BCUT2D eigenvalue weighted by Gasteiger charge is -2.10. The molecule has 6 nitrogen and oxygen atoms in total. The maximum atomic E-state index is 12.5. The maximum Gasteiger partial charge on any atom is 0.335 e. The number of nitrogens with one attached hydrogen (secondary N) is 1. The SMILES string of the molecule is O=C(O)c1ccc(-c2nccnc2NS(=O)c2ccccc2Cl)cc1. The van der Waals surface area contributed by atoms with E-state index in [-0.39, 0.29) is 5.56 Å². The Morgan fingerprint density at radius 3 is 2.40 bits per heavy atom. The van der Waals surface area contributed by atoms with Crippen LogP contribution in [0.4, 0.5) is 5.82 Å². The normalized spacial score (nSPS) is 11.7. The van der Waals surface area contributed by atoms with Gasteiger partial charge in [0, 0.05) is 18.0 Å². The molecule has 126 valence electrons. The molecule has 0 spiro atoms. The van der Waals surface area contributed by atoms with Gasteiger partial charge in [0.25, 0.3) is 0 Å². The third-order valence-electron chi connectivity index (χ3n) is 3.33. The standard InChI is InChI=1S/C17H12ClN3O3S/c18-13-3-1-2-4-14(13)25(24)21-16-15(19-9-10-20-16)11-5-7-12(8-6-11)17(22)23/h1-10H,(H,20,21)(H,22,23). The van der Waals surface area contributed by atoms with Crippen molar-refractivity contribution in [1.82, 2.24) is 9.97 Å². The molecule has 0 fully saturated rings. The van der Waals surface area contributed by atoms with Crippen molar-refractivity contribution in [2.24, 2.45) is 0 Å². The minimum Gasteiger partial charge on any atom is -0.478 e. The first kappa shape index (κ1) is 17.1. The van der Waals surface area contributed by atoms with Gasteiger partial charge in [0.2, 0.25) is 0 Å². The second-order valence-electron chi connectivity index (χ2n) is 4.94. The van der Waals surface area contributed by atoms with Crippen molar-refractivity contribution < 1.29 is 14.1 Å².